The predicted molar refractivity (Wildman–Crippen MR) is 53.0 cm³/mol. The molecular weight excluding hydrogens is 291 g/mol. The Morgan fingerprint density at radius 1 is 1.50 bits per heavy atom. The Kier molecular flexibility index (Phi) is 3.57. The minimum atomic E-state index is -4.59. The molecule has 7 heteroatoms. The highest BCUT2D eigenvalue weighted by Crippen LogP contribution is 2.31. The second-order valence-corrected chi connectivity index (χ2v) is 3.77. The Morgan fingerprint density at radius 2 is 2.06 bits per heavy atom. The van der Waals surface area contributed by atoms with Crippen molar-refractivity contribution in [2.24, 2.45) is 0 Å². The molecule has 0 aliphatic heterocycles. The Labute approximate surface area is 97.8 Å². The first-order chi connectivity index (χ1) is 7.27. The van der Waals surface area contributed by atoms with Crippen molar-refractivity contribution in [3.8, 4) is 0 Å². The van der Waals surface area contributed by atoms with Gasteiger partial charge in [-0.3, -0.25) is 0 Å². The molecule has 0 radical (unpaired) electrons. The van der Waals surface area contributed by atoms with Crippen molar-refractivity contribution in [3.63, 3.8) is 0 Å². The average Bonchev–Trinajstić information content (AvgIpc) is 2.19. The van der Waals surface area contributed by atoms with E-state index >= 15 is 0 Å². The van der Waals surface area contributed by atoms with Crippen LogP contribution >= 0.6 is 15.9 Å². The predicted octanol–water partition coefficient (Wildman–Crippen LogP) is 2.96. The third-order valence-electron chi connectivity index (χ3n) is 1.81. The fourth-order valence-corrected chi connectivity index (χ4v) is 1.40. The van der Waals surface area contributed by atoms with Crippen molar-refractivity contribution in [2.75, 3.05) is 7.11 Å². The summed E-state index contributed by atoms with van der Waals surface area (Å²) in [5.74, 6) is -0.916. The molecule has 1 rings (SSSR count). The Morgan fingerprint density at radius 3 is 2.50 bits per heavy atom. The minimum Gasteiger partial charge on any atom is -0.464 e. The van der Waals surface area contributed by atoms with Crippen LogP contribution in [0.4, 0.5) is 13.2 Å². The van der Waals surface area contributed by atoms with E-state index in [1.54, 1.807) is 0 Å². The summed E-state index contributed by atoms with van der Waals surface area (Å²) >= 11 is 2.99. The highest BCUT2D eigenvalue weighted by molar-refractivity contribution is 9.10. The molecular formula is C9H7BrF3NO2. The van der Waals surface area contributed by atoms with Crippen LogP contribution in [-0.4, -0.2) is 18.1 Å². The lowest BCUT2D eigenvalue weighted by atomic mass is 10.2. The topological polar surface area (TPSA) is 39.2 Å². The van der Waals surface area contributed by atoms with Crippen LogP contribution in [0.5, 0.6) is 0 Å². The summed E-state index contributed by atoms with van der Waals surface area (Å²) < 4.78 is 41.8. The van der Waals surface area contributed by atoms with Crippen LogP contribution in [0, 0.1) is 6.92 Å². The number of carbonyl (C=O) groups is 1. The summed E-state index contributed by atoms with van der Waals surface area (Å²) in [6.07, 6.45) is -4.59. The lowest BCUT2D eigenvalue weighted by Crippen LogP contribution is -2.14. The van der Waals surface area contributed by atoms with Gasteiger partial charge in [-0.15, -0.1) is 0 Å². The van der Waals surface area contributed by atoms with E-state index in [0.717, 1.165) is 13.2 Å². The zero-order valence-corrected chi connectivity index (χ0v) is 9.94. The summed E-state index contributed by atoms with van der Waals surface area (Å²) in [6, 6.07) is 0.858. The van der Waals surface area contributed by atoms with Crippen molar-refractivity contribution in [3.05, 3.63) is 27.5 Å². The van der Waals surface area contributed by atoms with Gasteiger partial charge in [0.2, 0.25) is 0 Å². The molecule has 88 valence electrons. The molecule has 0 saturated heterocycles. The Hall–Kier alpha value is -1.11. The number of carbonyl (C=O) groups excluding carboxylic acids is 1. The summed E-state index contributed by atoms with van der Waals surface area (Å²) in [6.45, 7) is 1.44. The number of pyridine rings is 1. The van der Waals surface area contributed by atoms with Gasteiger partial charge in [-0.25, -0.2) is 9.78 Å². The summed E-state index contributed by atoms with van der Waals surface area (Å²) in [7, 11) is 1.08. The fraction of sp³-hybridized carbons (Fsp3) is 0.333. The van der Waals surface area contributed by atoms with Gasteiger partial charge < -0.3 is 4.74 Å². The third kappa shape index (κ3) is 2.52. The second kappa shape index (κ2) is 4.40. The average molecular weight is 298 g/mol. The lowest BCUT2D eigenvalue weighted by Gasteiger charge is -2.10. The highest BCUT2D eigenvalue weighted by Gasteiger charge is 2.34. The standard InChI is InChI=1S/C9H7BrF3NO2/c1-4-3-5(9(11,12)13)14-7(6(4)10)8(15)16-2/h3H,1-2H3. The molecule has 1 heterocycles. The van der Waals surface area contributed by atoms with Crippen LogP contribution < -0.4 is 0 Å². The van der Waals surface area contributed by atoms with Crippen LogP contribution in [0.3, 0.4) is 0 Å². The number of esters is 1. The zero-order chi connectivity index (χ0) is 12.5. The molecule has 1 aromatic heterocycles. The molecule has 0 aromatic carbocycles. The van der Waals surface area contributed by atoms with E-state index < -0.39 is 17.8 Å². The number of nitrogens with zero attached hydrogens (tertiary/aromatic N) is 1. The van der Waals surface area contributed by atoms with Crippen LogP contribution in [0.15, 0.2) is 10.5 Å². The molecule has 0 atom stereocenters. The van der Waals surface area contributed by atoms with Crippen molar-refractivity contribution in [2.45, 2.75) is 13.1 Å². The molecule has 0 aliphatic carbocycles. The molecule has 3 nitrogen and oxygen atoms in total. The first kappa shape index (κ1) is 13.0. The number of hydrogen-bond acceptors (Lipinski definition) is 3. The second-order valence-electron chi connectivity index (χ2n) is 2.98. The number of ether oxygens (including phenoxy) is 1. The van der Waals surface area contributed by atoms with Crippen molar-refractivity contribution < 1.29 is 22.7 Å². The Balaban J connectivity index is 3.39. The highest BCUT2D eigenvalue weighted by atomic mass is 79.9. The van der Waals surface area contributed by atoms with E-state index in [0.29, 0.717) is 0 Å². The molecule has 0 spiro atoms. The van der Waals surface area contributed by atoms with Crippen molar-refractivity contribution in [1.29, 1.82) is 0 Å². The molecule has 0 bridgehead atoms. The summed E-state index contributed by atoms with van der Waals surface area (Å²) in [4.78, 5) is 14.4. The number of alkyl halides is 3. The van der Waals surface area contributed by atoms with E-state index in [-0.39, 0.29) is 15.7 Å². The molecule has 1 aromatic rings. The number of hydrogen-bond donors (Lipinski definition) is 0. The minimum absolute atomic E-state index is 0.201. The molecule has 0 unspecified atom stereocenters. The third-order valence-corrected chi connectivity index (χ3v) is 2.81. The number of aryl methyl sites for hydroxylation is 1. The van der Waals surface area contributed by atoms with E-state index in [4.69, 9.17) is 0 Å². The lowest BCUT2D eigenvalue weighted by molar-refractivity contribution is -0.141. The van der Waals surface area contributed by atoms with Gasteiger partial charge in [0.15, 0.2) is 5.69 Å². The van der Waals surface area contributed by atoms with Gasteiger partial charge in [0.25, 0.3) is 0 Å². The van der Waals surface area contributed by atoms with Gasteiger partial charge >= 0.3 is 12.1 Å². The van der Waals surface area contributed by atoms with Crippen LogP contribution in [-0.2, 0) is 10.9 Å². The molecule has 16 heavy (non-hydrogen) atoms. The quantitative estimate of drug-likeness (QED) is 0.748. The van der Waals surface area contributed by atoms with E-state index in [1.807, 2.05) is 0 Å². The Bertz CT molecular complexity index is 431. The number of aromatic nitrogens is 1. The zero-order valence-electron chi connectivity index (χ0n) is 8.35. The molecule has 0 fully saturated rings. The van der Waals surface area contributed by atoms with Crippen molar-refractivity contribution >= 4 is 21.9 Å². The summed E-state index contributed by atoms with van der Waals surface area (Å²) in [5.41, 5.74) is -1.23. The van der Waals surface area contributed by atoms with Gasteiger partial charge in [0.1, 0.15) is 5.69 Å². The van der Waals surface area contributed by atoms with Crippen LogP contribution in [0.1, 0.15) is 21.7 Å². The molecule has 0 aliphatic rings. The summed E-state index contributed by atoms with van der Waals surface area (Å²) in [5, 5.41) is 0. The van der Waals surface area contributed by atoms with Gasteiger partial charge in [-0.05, 0) is 34.5 Å². The van der Waals surface area contributed by atoms with Gasteiger partial charge in [0, 0.05) is 0 Å². The van der Waals surface area contributed by atoms with E-state index in [2.05, 4.69) is 25.7 Å². The van der Waals surface area contributed by atoms with Gasteiger partial charge in [-0.1, -0.05) is 0 Å². The van der Waals surface area contributed by atoms with E-state index in [1.165, 1.54) is 6.92 Å². The number of methoxy groups -OCH3 is 1. The maximum atomic E-state index is 12.4. The normalized spacial score (nSPS) is 11.4. The maximum absolute atomic E-state index is 12.4. The van der Waals surface area contributed by atoms with Crippen LogP contribution in [0.25, 0.3) is 0 Å². The largest absolute Gasteiger partial charge is 0.464 e. The van der Waals surface area contributed by atoms with Crippen molar-refractivity contribution in [1.82, 2.24) is 4.98 Å². The van der Waals surface area contributed by atoms with Crippen LogP contribution in [0.2, 0.25) is 0 Å². The molecule has 0 amide bonds. The number of rotatable bonds is 1. The van der Waals surface area contributed by atoms with Gasteiger partial charge in [0.05, 0.1) is 11.6 Å². The number of halogens is 4. The fourth-order valence-electron chi connectivity index (χ4n) is 1.03. The first-order valence-corrected chi connectivity index (χ1v) is 4.89. The maximum Gasteiger partial charge on any atom is 0.433 e. The molecule has 0 saturated carbocycles. The molecule has 0 N–H and O–H groups in total. The van der Waals surface area contributed by atoms with Gasteiger partial charge in [-0.2, -0.15) is 13.2 Å². The SMILES string of the molecule is COC(=O)c1nc(C(F)(F)F)cc(C)c1Br. The smallest absolute Gasteiger partial charge is 0.433 e. The monoisotopic (exact) mass is 297 g/mol. The first-order valence-electron chi connectivity index (χ1n) is 4.10. The van der Waals surface area contributed by atoms with E-state index in [9.17, 15) is 18.0 Å².